The van der Waals surface area contributed by atoms with Gasteiger partial charge in [0.1, 0.15) is 11.6 Å². The second-order valence-electron chi connectivity index (χ2n) is 5.61. The van der Waals surface area contributed by atoms with Crippen LogP contribution in [0.4, 0.5) is 11.6 Å². The molecule has 1 amide bonds. The van der Waals surface area contributed by atoms with Gasteiger partial charge in [-0.05, 0) is 22.0 Å². The SMILES string of the molecule is Cn1nc(-c2ccccc2)cc1N/C=C1/C(=O)Nc2ncc(Br)cc21. The lowest BCUT2D eigenvalue weighted by Crippen LogP contribution is -2.06. The molecule has 1 aliphatic rings. The van der Waals surface area contributed by atoms with Crippen LogP contribution in [0.1, 0.15) is 5.56 Å². The van der Waals surface area contributed by atoms with E-state index in [1.54, 1.807) is 17.1 Å². The number of nitrogens with zero attached hydrogens (tertiary/aromatic N) is 3. The lowest BCUT2D eigenvalue weighted by molar-refractivity contribution is -0.110. The molecule has 0 unspecified atom stereocenters. The van der Waals surface area contributed by atoms with Crippen molar-refractivity contribution in [1.29, 1.82) is 0 Å². The average Bonchev–Trinajstić information content (AvgIpc) is 3.13. The molecule has 0 radical (unpaired) electrons. The second kappa shape index (κ2) is 6.18. The van der Waals surface area contributed by atoms with E-state index in [0.29, 0.717) is 11.4 Å². The number of aryl methyl sites for hydroxylation is 1. The van der Waals surface area contributed by atoms with Gasteiger partial charge < -0.3 is 10.6 Å². The first-order valence-corrected chi connectivity index (χ1v) is 8.44. The van der Waals surface area contributed by atoms with E-state index in [4.69, 9.17) is 0 Å². The number of pyridine rings is 1. The van der Waals surface area contributed by atoms with Crippen molar-refractivity contribution in [3.8, 4) is 11.3 Å². The molecule has 3 aromatic rings. The van der Waals surface area contributed by atoms with Crippen LogP contribution in [0, 0.1) is 0 Å². The highest BCUT2D eigenvalue weighted by atomic mass is 79.9. The molecule has 124 valence electrons. The minimum atomic E-state index is -0.182. The van der Waals surface area contributed by atoms with Crippen LogP contribution in [0.15, 0.2) is 59.3 Å². The topological polar surface area (TPSA) is 71.8 Å². The van der Waals surface area contributed by atoms with Crippen molar-refractivity contribution in [3.63, 3.8) is 0 Å². The van der Waals surface area contributed by atoms with E-state index in [-0.39, 0.29) is 5.91 Å². The molecule has 6 nitrogen and oxygen atoms in total. The standard InChI is InChI=1S/C18H14BrN5O/c1-24-16(8-15(23-24)11-5-3-2-4-6-11)20-10-14-13-7-12(19)9-21-17(13)22-18(14)25/h2-10,20H,1H3,(H,21,22,25)/b14-10+. The maximum atomic E-state index is 12.2. The summed E-state index contributed by atoms with van der Waals surface area (Å²) in [6.07, 6.45) is 3.34. The highest BCUT2D eigenvalue weighted by Gasteiger charge is 2.25. The minimum absolute atomic E-state index is 0.182. The normalized spacial score (nSPS) is 14.5. The summed E-state index contributed by atoms with van der Waals surface area (Å²) < 4.78 is 2.56. The van der Waals surface area contributed by atoms with Gasteiger partial charge >= 0.3 is 0 Å². The zero-order valence-corrected chi connectivity index (χ0v) is 14.9. The smallest absolute Gasteiger partial charge is 0.259 e. The molecule has 7 heteroatoms. The predicted octanol–water partition coefficient (Wildman–Crippen LogP) is 3.65. The number of hydrogen-bond donors (Lipinski definition) is 2. The van der Waals surface area contributed by atoms with E-state index in [2.05, 4.69) is 36.6 Å². The van der Waals surface area contributed by atoms with Crippen LogP contribution in [0.25, 0.3) is 16.8 Å². The fourth-order valence-electron chi connectivity index (χ4n) is 2.68. The van der Waals surface area contributed by atoms with Gasteiger partial charge in [0.2, 0.25) is 0 Å². The Morgan fingerprint density at radius 3 is 2.84 bits per heavy atom. The molecular formula is C18H14BrN5O. The fraction of sp³-hybridized carbons (Fsp3) is 0.0556. The number of nitrogens with one attached hydrogen (secondary N) is 2. The maximum Gasteiger partial charge on any atom is 0.259 e. The zero-order valence-electron chi connectivity index (χ0n) is 13.3. The van der Waals surface area contributed by atoms with Crippen LogP contribution in [0.3, 0.4) is 0 Å². The molecule has 2 aromatic heterocycles. The highest BCUT2D eigenvalue weighted by Crippen LogP contribution is 2.32. The maximum absolute atomic E-state index is 12.2. The van der Waals surface area contributed by atoms with Crippen molar-refractivity contribution in [2.24, 2.45) is 7.05 Å². The number of rotatable bonds is 3. The lowest BCUT2D eigenvalue weighted by Gasteiger charge is -2.02. The van der Waals surface area contributed by atoms with Gasteiger partial charge in [-0.3, -0.25) is 9.48 Å². The summed E-state index contributed by atoms with van der Waals surface area (Å²) in [7, 11) is 1.86. The average molecular weight is 396 g/mol. The summed E-state index contributed by atoms with van der Waals surface area (Å²) in [4.78, 5) is 16.4. The summed E-state index contributed by atoms with van der Waals surface area (Å²) in [5.41, 5.74) is 3.20. The first-order valence-electron chi connectivity index (χ1n) is 7.65. The number of fused-ring (bicyclic) bond motifs is 1. The molecular weight excluding hydrogens is 382 g/mol. The third-order valence-electron chi connectivity index (χ3n) is 3.93. The van der Waals surface area contributed by atoms with Gasteiger partial charge in [0.15, 0.2) is 0 Å². The van der Waals surface area contributed by atoms with Crippen molar-refractivity contribution in [1.82, 2.24) is 14.8 Å². The van der Waals surface area contributed by atoms with Crippen LogP contribution in [0.5, 0.6) is 0 Å². The van der Waals surface area contributed by atoms with E-state index < -0.39 is 0 Å². The molecule has 4 rings (SSSR count). The summed E-state index contributed by atoms with van der Waals surface area (Å²) in [5, 5.41) is 10.4. The van der Waals surface area contributed by atoms with Crippen molar-refractivity contribution in [2.75, 3.05) is 10.6 Å². The number of aromatic nitrogens is 3. The fourth-order valence-corrected chi connectivity index (χ4v) is 3.01. The Hall–Kier alpha value is -2.93. The third-order valence-corrected chi connectivity index (χ3v) is 4.37. The van der Waals surface area contributed by atoms with Crippen molar-refractivity contribution < 1.29 is 4.79 Å². The monoisotopic (exact) mass is 395 g/mol. The van der Waals surface area contributed by atoms with Gasteiger partial charge in [0, 0.05) is 41.1 Å². The van der Waals surface area contributed by atoms with Crippen LogP contribution in [-0.4, -0.2) is 20.7 Å². The van der Waals surface area contributed by atoms with Gasteiger partial charge in [-0.15, -0.1) is 0 Å². The van der Waals surface area contributed by atoms with Crippen LogP contribution in [-0.2, 0) is 11.8 Å². The molecule has 0 spiro atoms. The molecule has 0 bridgehead atoms. The van der Waals surface area contributed by atoms with Crippen LogP contribution in [0.2, 0.25) is 0 Å². The van der Waals surface area contributed by atoms with E-state index in [1.807, 2.05) is 49.5 Å². The molecule has 0 saturated carbocycles. The molecule has 25 heavy (non-hydrogen) atoms. The number of amides is 1. The first kappa shape index (κ1) is 15.6. The van der Waals surface area contributed by atoms with Crippen LogP contribution >= 0.6 is 15.9 Å². The molecule has 0 saturated heterocycles. The Balaban J connectivity index is 1.64. The summed E-state index contributed by atoms with van der Waals surface area (Å²) in [6, 6.07) is 13.8. The number of hydrogen-bond acceptors (Lipinski definition) is 4. The molecule has 1 aromatic carbocycles. The molecule has 0 aliphatic carbocycles. The lowest BCUT2D eigenvalue weighted by atomic mass is 10.1. The van der Waals surface area contributed by atoms with Gasteiger partial charge in [-0.25, -0.2) is 4.98 Å². The highest BCUT2D eigenvalue weighted by molar-refractivity contribution is 9.10. The van der Waals surface area contributed by atoms with Gasteiger partial charge in [0.05, 0.1) is 11.3 Å². The third kappa shape index (κ3) is 2.94. The number of halogens is 1. The molecule has 1 aliphatic heterocycles. The summed E-state index contributed by atoms with van der Waals surface area (Å²) in [6.45, 7) is 0. The Morgan fingerprint density at radius 2 is 2.04 bits per heavy atom. The van der Waals surface area contributed by atoms with Crippen molar-refractivity contribution >= 4 is 39.0 Å². The number of benzene rings is 1. The number of anilines is 2. The number of carbonyl (C=O) groups is 1. The van der Waals surface area contributed by atoms with E-state index >= 15 is 0 Å². The molecule has 0 atom stereocenters. The quantitative estimate of drug-likeness (QED) is 0.663. The number of carbonyl (C=O) groups excluding carboxylic acids is 1. The Kier molecular flexibility index (Phi) is 3.85. The molecule has 2 N–H and O–H groups in total. The minimum Gasteiger partial charge on any atom is -0.346 e. The summed E-state index contributed by atoms with van der Waals surface area (Å²) in [5.74, 6) is 1.17. The van der Waals surface area contributed by atoms with Gasteiger partial charge in [-0.2, -0.15) is 5.10 Å². The molecule has 3 heterocycles. The van der Waals surface area contributed by atoms with Crippen molar-refractivity contribution in [2.45, 2.75) is 0 Å². The zero-order chi connectivity index (χ0) is 17.4. The van der Waals surface area contributed by atoms with Gasteiger partial charge in [0.25, 0.3) is 5.91 Å². The largest absolute Gasteiger partial charge is 0.346 e. The molecule has 0 fully saturated rings. The van der Waals surface area contributed by atoms with Crippen LogP contribution < -0.4 is 10.6 Å². The second-order valence-corrected chi connectivity index (χ2v) is 6.53. The Labute approximate surface area is 152 Å². The van der Waals surface area contributed by atoms with E-state index in [0.717, 1.165) is 27.1 Å². The van der Waals surface area contributed by atoms with E-state index in [9.17, 15) is 4.79 Å². The van der Waals surface area contributed by atoms with Gasteiger partial charge in [-0.1, -0.05) is 30.3 Å². The first-order chi connectivity index (χ1) is 12.1. The van der Waals surface area contributed by atoms with Crippen molar-refractivity contribution in [3.05, 3.63) is 64.9 Å². The predicted molar refractivity (Wildman–Crippen MR) is 101 cm³/mol. The van der Waals surface area contributed by atoms with E-state index in [1.165, 1.54) is 0 Å². The Morgan fingerprint density at radius 1 is 1.24 bits per heavy atom. The Bertz CT molecular complexity index is 994. The summed E-state index contributed by atoms with van der Waals surface area (Å²) >= 11 is 3.39.